The molecule has 0 fully saturated rings. The minimum absolute atomic E-state index is 0.0859. The van der Waals surface area contributed by atoms with Crippen LogP contribution in [0.5, 0.6) is 11.5 Å². The number of amides is 1. The lowest BCUT2D eigenvalue weighted by atomic mass is 10.0. The molecule has 0 aliphatic heterocycles. The number of nitrogens with one attached hydrogen (secondary N) is 1. The van der Waals surface area contributed by atoms with Gasteiger partial charge in [-0.1, -0.05) is 29.8 Å². The van der Waals surface area contributed by atoms with Crippen LogP contribution >= 0.6 is 0 Å². The van der Waals surface area contributed by atoms with Crippen molar-refractivity contribution in [2.24, 2.45) is 0 Å². The van der Waals surface area contributed by atoms with Crippen LogP contribution in [0.3, 0.4) is 0 Å². The summed E-state index contributed by atoms with van der Waals surface area (Å²) in [5, 5.41) is 2.95. The van der Waals surface area contributed by atoms with Crippen molar-refractivity contribution in [3.05, 3.63) is 78.1 Å². The van der Waals surface area contributed by atoms with Gasteiger partial charge >= 0.3 is 0 Å². The third-order valence-corrected chi connectivity index (χ3v) is 4.51. The van der Waals surface area contributed by atoms with Crippen LogP contribution in [-0.2, 0) is 4.79 Å². The first-order valence-electron chi connectivity index (χ1n) is 8.81. The summed E-state index contributed by atoms with van der Waals surface area (Å²) in [7, 11) is 3.17. The van der Waals surface area contributed by atoms with Gasteiger partial charge in [0.05, 0.1) is 32.4 Å². The van der Waals surface area contributed by atoms with E-state index in [1.165, 1.54) is 5.56 Å². The number of anilines is 1. The molecule has 0 aliphatic rings. The van der Waals surface area contributed by atoms with Gasteiger partial charge in [-0.2, -0.15) is 0 Å². The van der Waals surface area contributed by atoms with Crippen LogP contribution in [-0.4, -0.2) is 24.7 Å². The number of ether oxygens (including phenoxy) is 2. The second-order valence-electron chi connectivity index (χ2n) is 6.38. The van der Waals surface area contributed by atoms with Crippen LogP contribution in [0.25, 0.3) is 0 Å². The van der Waals surface area contributed by atoms with Crippen LogP contribution in [0.4, 0.5) is 5.69 Å². The fourth-order valence-corrected chi connectivity index (χ4v) is 3.03. The third-order valence-electron chi connectivity index (χ3n) is 4.51. The first-order valence-corrected chi connectivity index (χ1v) is 8.81. The maximum absolute atomic E-state index is 12.8. The molecule has 2 aromatic carbocycles. The highest BCUT2D eigenvalue weighted by atomic mass is 16.5. The van der Waals surface area contributed by atoms with Crippen molar-refractivity contribution in [3.63, 3.8) is 0 Å². The molecule has 27 heavy (non-hydrogen) atoms. The van der Waals surface area contributed by atoms with Gasteiger partial charge in [0.25, 0.3) is 0 Å². The zero-order valence-electron chi connectivity index (χ0n) is 15.8. The smallest absolute Gasteiger partial charge is 0.226 e. The quantitative estimate of drug-likeness (QED) is 0.675. The summed E-state index contributed by atoms with van der Waals surface area (Å²) >= 11 is 0. The molecular formula is C22H24N2O3. The van der Waals surface area contributed by atoms with E-state index < -0.39 is 0 Å². The van der Waals surface area contributed by atoms with E-state index in [0.29, 0.717) is 23.6 Å². The molecule has 0 aliphatic carbocycles. The topological polar surface area (TPSA) is 52.5 Å². The van der Waals surface area contributed by atoms with Gasteiger partial charge in [-0.25, -0.2) is 0 Å². The van der Waals surface area contributed by atoms with E-state index in [1.54, 1.807) is 32.4 Å². The van der Waals surface area contributed by atoms with Gasteiger partial charge < -0.3 is 19.4 Å². The SMILES string of the molecule is COc1ccc(OC)c(NC(=O)C[C@@H](c2ccc(C)cc2)n2cccc2)c1. The Bertz CT molecular complexity index is 886. The maximum Gasteiger partial charge on any atom is 0.226 e. The lowest BCUT2D eigenvalue weighted by molar-refractivity contribution is -0.116. The fraction of sp³-hybridized carbons (Fsp3) is 0.227. The predicted molar refractivity (Wildman–Crippen MR) is 107 cm³/mol. The third kappa shape index (κ3) is 4.50. The van der Waals surface area contributed by atoms with Gasteiger partial charge in [-0.15, -0.1) is 0 Å². The average molecular weight is 364 g/mol. The summed E-state index contributed by atoms with van der Waals surface area (Å²) in [6, 6.07) is 17.4. The molecule has 0 saturated heterocycles. The Balaban J connectivity index is 1.82. The highest BCUT2D eigenvalue weighted by molar-refractivity contribution is 5.93. The zero-order valence-corrected chi connectivity index (χ0v) is 15.8. The molecule has 0 unspecified atom stereocenters. The molecular weight excluding hydrogens is 340 g/mol. The number of hydrogen-bond acceptors (Lipinski definition) is 3. The van der Waals surface area contributed by atoms with Crippen LogP contribution in [0, 0.1) is 6.92 Å². The van der Waals surface area contributed by atoms with E-state index in [1.807, 2.05) is 29.1 Å². The number of methoxy groups -OCH3 is 2. The summed E-state index contributed by atoms with van der Waals surface area (Å²) in [6.45, 7) is 2.05. The van der Waals surface area contributed by atoms with Crippen LogP contribution in [0.15, 0.2) is 67.0 Å². The van der Waals surface area contributed by atoms with E-state index in [-0.39, 0.29) is 11.9 Å². The minimum atomic E-state index is -0.0965. The summed E-state index contributed by atoms with van der Waals surface area (Å²) in [6.07, 6.45) is 4.26. The summed E-state index contributed by atoms with van der Waals surface area (Å²) in [5.74, 6) is 1.16. The summed E-state index contributed by atoms with van der Waals surface area (Å²) < 4.78 is 12.6. The molecule has 1 aromatic heterocycles. The predicted octanol–water partition coefficient (Wildman–Crippen LogP) is 4.43. The molecule has 1 N–H and O–H groups in total. The van der Waals surface area contributed by atoms with E-state index in [0.717, 1.165) is 5.56 Å². The molecule has 3 rings (SSSR count). The van der Waals surface area contributed by atoms with Crippen molar-refractivity contribution in [3.8, 4) is 11.5 Å². The molecule has 0 spiro atoms. The van der Waals surface area contributed by atoms with Crippen molar-refractivity contribution in [2.45, 2.75) is 19.4 Å². The molecule has 0 radical (unpaired) electrons. The van der Waals surface area contributed by atoms with Crippen molar-refractivity contribution >= 4 is 11.6 Å². The Morgan fingerprint density at radius 1 is 1.04 bits per heavy atom. The zero-order chi connectivity index (χ0) is 19.2. The van der Waals surface area contributed by atoms with Crippen LogP contribution in [0.2, 0.25) is 0 Å². The number of rotatable bonds is 7. The summed E-state index contributed by atoms with van der Waals surface area (Å²) in [5.41, 5.74) is 2.87. The Kier molecular flexibility index (Phi) is 5.81. The van der Waals surface area contributed by atoms with Crippen LogP contribution in [0.1, 0.15) is 23.6 Å². The Morgan fingerprint density at radius 2 is 1.74 bits per heavy atom. The van der Waals surface area contributed by atoms with Gasteiger partial charge in [0, 0.05) is 18.5 Å². The van der Waals surface area contributed by atoms with E-state index >= 15 is 0 Å². The first kappa shape index (κ1) is 18.6. The Morgan fingerprint density at radius 3 is 2.37 bits per heavy atom. The summed E-state index contributed by atoms with van der Waals surface area (Å²) in [4.78, 5) is 12.8. The van der Waals surface area contributed by atoms with Crippen LogP contribution < -0.4 is 14.8 Å². The molecule has 0 saturated carbocycles. The highest BCUT2D eigenvalue weighted by Gasteiger charge is 2.18. The number of nitrogens with zero attached hydrogens (tertiary/aromatic N) is 1. The molecule has 5 nitrogen and oxygen atoms in total. The number of carbonyl (C=O) groups excluding carboxylic acids is 1. The van der Waals surface area contributed by atoms with Crippen molar-refractivity contribution in [1.82, 2.24) is 4.57 Å². The highest BCUT2D eigenvalue weighted by Crippen LogP contribution is 2.30. The van der Waals surface area contributed by atoms with Crippen molar-refractivity contribution < 1.29 is 14.3 Å². The standard InChI is InChI=1S/C22H24N2O3/c1-16-6-8-17(9-7-16)20(24-12-4-5-13-24)15-22(25)23-19-14-18(26-2)10-11-21(19)27-3/h4-14,20H,15H2,1-3H3,(H,23,25)/t20-/m0/s1. The lowest BCUT2D eigenvalue weighted by Gasteiger charge is -2.20. The van der Waals surface area contributed by atoms with E-state index in [4.69, 9.17) is 9.47 Å². The van der Waals surface area contributed by atoms with E-state index in [9.17, 15) is 4.79 Å². The number of hydrogen-bond donors (Lipinski definition) is 1. The number of benzene rings is 2. The monoisotopic (exact) mass is 364 g/mol. The van der Waals surface area contributed by atoms with Gasteiger partial charge in [-0.3, -0.25) is 4.79 Å². The van der Waals surface area contributed by atoms with Gasteiger partial charge in [0.2, 0.25) is 5.91 Å². The maximum atomic E-state index is 12.8. The van der Waals surface area contributed by atoms with Crippen molar-refractivity contribution in [1.29, 1.82) is 0 Å². The van der Waals surface area contributed by atoms with Gasteiger partial charge in [0.15, 0.2) is 0 Å². The second kappa shape index (κ2) is 8.45. The number of aromatic nitrogens is 1. The molecule has 5 heteroatoms. The van der Waals surface area contributed by atoms with Gasteiger partial charge in [0.1, 0.15) is 11.5 Å². The largest absolute Gasteiger partial charge is 0.497 e. The lowest BCUT2D eigenvalue weighted by Crippen LogP contribution is -2.20. The fourth-order valence-electron chi connectivity index (χ4n) is 3.03. The Labute approximate surface area is 159 Å². The molecule has 1 heterocycles. The second-order valence-corrected chi connectivity index (χ2v) is 6.38. The number of carbonyl (C=O) groups is 1. The molecule has 1 atom stereocenters. The Hall–Kier alpha value is -3.21. The molecule has 140 valence electrons. The first-order chi connectivity index (χ1) is 13.1. The molecule has 3 aromatic rings. The molecule has 1 amide bonds. The average Bonchev–Trinajstić information content (AvgIpc) is 3.21. The minimum Gasteiger partial charge on any atom is -0.497 e. The number of aryl methyl sites for hydroxylation is 1. The van der Waals surface area contributed by atoms with Crippen molar-refractivity contribution in [2.75, 3.05) is 19.5 Å². The normalized spacial score (nSPS) is 11.7. The van der Waals surface area contributed by atoms with E-state index in [2.05, 4.69) is 36.5 Å². The van der Waals surface area contributed by atoms with Gasteiger partial charge in [-0.05, 0) is 36.8 Å². The molecule has 0 bridgehead atoms.